The summed E-state index contributed by atoms with van der Waals surface area (Å²) >= 11 is 0. The first-order valence-corrected chi connectivity index (χ1v) is 21.1. The lowest BCUT2D eigenvalue weighted by atomic mass is 10.2. The van der Waals surface area contributed by atoms with Gasteiger partial charge in [0.15, 0.2) is 6.10 Å². The predicted molar refractivity (Wildman–Crippen MR) is 243 cm³/mol. The van der Waals surface area contributed by atoms with Gasteiger partial charge in [0.2, 0.25) is 0 Å². The van der Waals surface area contributed by atoms with Gasteiger partial charge in [-0.3, -0.25) is 9.59 Å². The van der Waals surface area contributed by atoms with Crippen LogP contribution in [0.2, 0.25) is 0 Å². The Labute approximate surface area is 351 Å². The summed E-state index contributed by atoms with van der Waals surface area (Å²) in [4.78, 5) is 24.2. The molecule has 4 N–H and O–H groups in total. The van der Waals surface area contributed by atoms with Crippen LogP contribution in [0.4, 0.5) is 0 Å². The lowest BCUT2D eigenvalue weighted by molar-refractivity contribution is -0.161. The van der Waals surface area contributed by atoms with E-state index >= 15 is 0 Å². The topological polar surface area (TPSA) is 134 Å². The first-order valence-electron chi connectivity index (χ1n) is 21.1. The summed E-state index contributed by atoms with van der Waals surface area (Å²) in [5.74, 6) is -0.806. The van der Waals surface area contributed by atoms with E-state index in [0.29, 0.717) is 12.8 Å². The van der Waals surface area contributed by atoms with Crippen molar-refractivity contribution in [2.45, 2.75) is 129 Å². The largest absolute Gasteiger partial charge is 0.462 e. The van der Waals surface area contributed by atoms with Crippen LogP contribution >= 0.6 is 0 Å². The highest BCUT2D eigenvalue weighted by Crippen LogP contribution is 2.04. The number of ether oxygens (including phenoxy) is 2. The maximum Gasteiger partial charge on any atom is 0.306 e. The molecule has 0 aliphatic carbocycles. The van der Waals surface area contributed by atoms with Crippen molar-refractivity contribution < 1.29 is 39.5 Å². The summed E-state index contributed by atoms with van der Waals surface area (Å²) < 4.78 is 10.5. The molecule has 0 aliphatic rings. The molecule has 58 heavy (non-hydrogen) atoms. The number of hydrogen-bond acceptors (Lipinski definition) is 8. The van der Waals surface area contributed by atoms with E-state index in [0.717, 1.165) is 77.0 Å². The number of carbonyl (C=O) groups excluding carboxylic acids is 2. The fourth-order valence-corrected chi connectivity index (χ4v) is 4.37. The number of aliphatic hydroxyl groups is 4. The highest BCUT2D eigenvalue weighted by Gasteiger charge is 2.15. The molecule has 8 nitrogen and oxygen atoms in total. The zero-order valence-electron chi connectivity index (χ0n) is 35.6. The number of rotatable bonds is 34. The molecule has 0 amide bonds. The first-order chi connectivity index (χ1) is 28.4. The average molecular weight is 805 g/mol. The SMILES string of the molecule is CC/C=C\C/C=C\C/C=C\C/C=C\C/C=C\C/C=C\CCC(=O)OC[C@H](CO)OC(=O)CC/C=C\C/C=C\C/C=C\C/C=C\C/C=C\C/C=C\CC.OCC(O)CO. The van der Waals surface area contributed by atoms with E-state index in [9.17, 15) is 14.7 Å². The van der Waals surface area contributed by atoms with Crippen LogP contribution in [-0.4, -0.2) is 71.0 Å². The minimum Gasteiger partial charge on any atom is -0.462 e. The van der Waals surface area contributed by atoms with E-state index in [4.69, 9.17) is 24.8 Å². The summed E-state index contributed by atoms with van der Waals surface area (Å²) in [7, 11) is 0. The highest BCUT2D eigenvalue weighted by molar-refractivity contribution is 5.70. The second-order valence-corrected chi connectivity index (χ2v) is 12.9. The van der Waals surface area contributed by atoms with Crippen molar-refractivity contribution in [3.8, 4) is 0 Å². The Morgan fingerprint density at radius 2 is 0.690 bits per heavy atom. The molecule has 0 bridgehead atoms. The Bertz CT molecular complexity index is 1300. The van der Waals surface area contributed by atoms with Crippen LogP contribution in [0.3, 0.4) is 0 Å². The maximum atomic E-state index is 12.1. The quantitative estimate of drug-likeness (QED) is 0.0373. The molecule has 0 heterocycles. The second kappa shape index (κ2) is 48.8. The molecule has 0 fully saturated rings. The van der Waals surface area contributed by atoms with Crippen molar-refractivity contribution in [3.05, 3.63) is 146 Å². The smallest absolute Gasteiger partial charge is 0.306 e. The van der Waals surface area contributed by atoms with Crippen LogP contribution < -0.4 is 0 Å². The predicted octanol–water partition coefficient (Wildman–Crippen LogP) is 10.7. The molecule has 0 saturated heterocycles. The van der Waals surface area contributed by atoms with Gasteiger partial charge in [-0.25, -0.2) is 0 Å². The number of carbonyl (C=O) groups is 2. The molecular formula is C50H76O8. The molecule has 0 aliphatic heterocycles. The van der Waals surface area contributed by atoms with Crippen molar-refractivity contribution in [1.29, 1.82) is 0 Å². The van der Waals surface area contributed by atoms with Crippen molar-refractivity contribution in [1.82, 2.24) is 0 Å². The normalized spacial score (nSPS) is 13.4. The standard InChI is InChI=1S/C47H68O5.C3H8O3/c1-3-5-7-9-11-13-15-17-19-21-23-25-27-29-31-33-35-37-39-41-46(49)51-44-45(43-48)52-47(50)42-40-38-36-34-32-30-28-26-24-22-20-18-16-14-12-10-8-6-4-2;4-1-3(6)2-5/h5-8,11-14,17-20,23-26,29-32,35-38,45,48H,3-4,9-10,15-16,21-22,27-28,33-34,39-44H2,1-2H3;3-6H,1-2H2/b7-5-,8-6-,13-11-,14-12-,19-17-,20-18-,25-23-,26-24-,31-29-,32-30-,37-35-,38-36-;/t45-;/m0./s1. The van der Waals surface area contributed by atoms with Gasteiger partial charge in [-0.15, -0.1) is 0 Å². The van der Waals surface area contributed by atoms with Gasteiger partial charge in [-0.2, -0.15) is 0 Å². The zero-order chi connectivity index (χ0) is 42.8. The van der Waals surface area contributed by atoms with Gasteiger partial charge in [-0.05, 0) is 89.9 Å². The molecule has 0 saturated carbocycles. The van der Waals surface area contributed by atoms with Crippen LogP contribution in [0.5, 0.6) is 0 Å². The first kappa shape index (κ1) is 55.8. The van der Waals surface area contributed by atoms with Gasteiger partial charge < -0.3 is 29.9 Å². The zero-order valence-corrected chi connectivity index (χ0v) is 35.6. The number of hydrogen-bond donors (Lipinski definition) is 4. The molecule has 0 aromatic heterocycles. The summed E-state index contributed by atoms with van der Waals surface area (Å²) in [5.41, 5.74) is 0. The summed E-state index contributed by atoms with van der Waals surface area (Å²) in [5, 5.41) is 33.6. The van der Waals surface area contributed by atoms with Crippen LogP contribution in [-0.2, 0) is 19.1 Å². The summed E-state index contributed by atoms with van der Waals surface area (Å²) in [6.45, 7) is 3.01. The Hall–Kier alpha value is -4.34. The fourth-order valence-electron chi connectivity index (χ4n) is 4.37. The highest BCUT2D eigenvalue weighted by atomic mass is 16.6. The maximum absolute atomic E-state index is 12.1. The van der Waals surface area contributed by atoms with Crippen molar-refractivity contribution >= 4 is 11.9 Å². The van der Waals surface area contributed by atoms with E-state index in [-0.39, 0.29) is 38.6 Å². The molecule has 0 aromatic rings. The summed E-state index contributed by atoms with van der Waals surface area (Å²) in [6.07, 6.45) is 62.6. The molecule has 0 rings (SSSR count). The Morgan fingerprint density at radius 3 is 0.948 bits per heavy atom. The lowest BCUT2D eigenvalue weighted by Crippen LogP contribution is -2.28. The molecule has 1 atom stereocenters. The van der Waals surface area contributed by atoms with Crippen LogP contribution in [0.25, 0.3) is 0 Å². The van der Waals surface area contributed by atoms with Gasteiger partial charge in [0.25, 0.3) is 0 Å². The van der Waals surface area contributed by atoms with Gasteiger partial charge in [-0.1, -0.05) is 160 Å². The molecule has 0 aromatic carbocycles. The average Bonchev–Trinajstić information content (AvgIpc) is 3.23. The minimum atomic E-state index is -0.954. The number of allylic oxidation sites excluding steroid dienone is 24. The van der Waals surface area contributed by atoms with Crippen molar-refractivity contribution in [3.63, 3.8) is 0 Å². The van der Waals surface area contributed by atoms with Crippen LogP contribution in [0, 0.1) is 0 Å². The number of aliphatic hydroxyl groups excluding tert-OH is 4. The fraction of sp³-hybridized carbons (Fsp3) is 0.480. The van der Waals surface area contributed by atoms with Crippen LogP contribution in [0.15, 0.2) is 146 Å². The molecule has 0 unspecified atom stereocenters. The lowest BCUT2D eigenvalue weighted by Gasteiger charge is -2.15. The Morgan fingerprint density at radius 1 is 0.414 bits per heavy atom. The van der Waals surface area contributed by atoms with Gasteiger partial charge in [0.1, 0.15) is 12.7 Å². The molecular weight excluding hydrogens is 729 g/mol. The van der Waals surface area contributed by atoms with E-state index < -0.39 is 24.8 Å². The third-order valence-corrected chi connectivity index (χ3v) is 7.58. The molecule has 324 valence electrons. The van der Waals surface area contributed by atoms with Gasteiger partial charge in [0.05, 0.1) is 19.8 Å². The van der Waals surface area contributed by atoms with Gasteiger partial charge in [0, 0.05) is 12.8 Å². The third kappa shape index (κ3) is 47.8. The van der Waals surface area contributed by atoms with E-state index in [1.807, 2.05) is 24.3 Å². The van der Waals surface area contributed by atoms with E-state index in [2.05, 4.69) is 135 Å². The van der Waals surface area contributed by atoms with E-state index in [1.54, 1.807) is 0 Å². The third-order valence-electron chi connectivity index (χ3n) is 7.58. The minimum absolute atomic E-state index is 0.148. The summed E-state index contributed by atoms with van der Waals surface area (Å²) in [6, 6.07) is 0. The monoisotopic (exact) mass is 805 g/mol. The Balaban J connectivity index is 0. The van der Waals surface area contributed by atoms with Crippen LogP contribution in [0.1, 0.15) is 117 Å². The van der Waals surface area contributed by atoms with Crippen molar-refractivity contribution in [2.75, 3.05) is 26.4 Å². The Kier molecular flexibility index (Phi) is 46.9. The molecule has 0 spiro atoms. The molecule has 8 heteroatoms. The van der Waals surface area contributed by atoms with E-state index in [1.165, 1.54) is 0 Å². The second-order valence-electron chi connectivity index (χ2n) is 12.9. The molecule has 0 radical (unpaired) electrons. The van der Waals surface area contributed by atoms with Gasteiger partial charge >= 0.3 is 11.9 Å². The van der Waals surface area contributed by atoms with Crippen molar-refractivity contribution in [2.24, 2.45) is 0 Å². The number of esters is 2.